The molecule has 0 radical (unpaired) electrons. The number of benzene rings is 1. The Morgan fingerprint density at radius 3 is 2.10 bits per heavy atom. The van der Waals surface area contributed by atoms with Gasteiger partial charge in [-0.05, 0) is 36.1 Å². The lowest BCUT2D eigenvalue weighted by molar-refractivity contribution is 0.582. The van der Waals surface area contributed by atoms with Gasteiger partial charge in [0, 0.05) is 21.4 Å². The van der Waals surface area contributed by atoms with E-state index in [1.807, 2.05) is 17.5 Å². The van der Waals surface area contributed by atoms with Crippen LogP contribution in [0.15, 0.2) is 40.1 Å². The molecule has 0 N–H and O–H groups in total. The molecule has 0 saturated heterocycles. The van der Waals surface area contributed by atoms with Gasteiger partial charge in [-0.2, -0.15) is 0 Å². The van der Waals surface area contributed by atoms with Crippen LogP contribution in [0.25, 0.3) is 22.9 Å². The zero-order valence-electron chi connectivity index (χ0n) is 12.7. The van der Waals surface area contributed by atoms with Crippen LogP contribution in [-0.4, -0.2) is 10.2 Å². The maximum atomic E-state index is 5.78. The van der Waals surface area contributed by atoms with E-state index in [9.17, 15) is 0 Å². The highest BCUT2D eigenvalue weighted by Crippen LogP contribution is 2.29. The summed E-state index contributed by atoms with van der Waals surface area (Å²) in [6, 6.07) is 10.4. The normalized spacial score (nSPS) is 11.8. The predicted octanol–water partition coefficient (Wildman–Crippen LogP) is 5.07. The lowest BCUT2D eigenvalue weighted by atomic mass is 9.87. The SMILES string of the molecule is Cc1cc(-c2nnc(-c3ccc(C(C)(C)C)cc3)o2)cs1. The average molecular weight is 298 g/mol. The molecule has 21 heavy (non-hydrogen) atoms. The van der Waals surface area contributed by atoms with Crippen LogP contribution < -0.4 is 0 Å². The third-order valence-corrected chi connectivity index (χ3v) is 4.26. The largest absolute Gasteiger partial charge is 0.416 e. The van der Waals surface area contributed by atoms with Gasteiger partial charge >= 0.3 is 0 Å². The van der Waals surface area contributed by atoms with Crippen molar-refractivity contribution in [1.29, 1.82) is 0 Å². The Morgan fingerprint density at radius 1 is 0.952 bits per heavy atom. The molecule has 0 amide bonds. The first kappa shape index (κ1) is 14.0. The lowest BCUT2D eigenvalue weighted by Gasteiger charge is -2.18. The first-order valence-corrected chi connectivity index (χ1v) is 7.81. The predicted molar refractivity (Wildman–Crippen MR) is 86.5 cm³/mol. The molecule has 0 saturated carbocycles. The Hall–Kier alpha value is -1.94. The van der Waals surface area contributed by atoms with Crippen molar-refractivity contribution in [3.63, 3.8) is 0 Å². The lowest BCUT2D eigenvalue weighted by Crippen LogP contribution is -2.10. The van der Waals surface area contributed by atoms with E-state index in [-0.39, 0.29) is 5.41 Å². The van der Waals surface area contributed by atoms with Gasteiger partial charge in [-0.3, -0.25) is 0 Å². The van der Waals surface area contributed by atoms with E-state index >= 15 is 0 Å². The summed E-state index contributed by atoms with van der Waals surface area (Å²) in [5.74, 6) is 1.14. The van der Waals surface area contributed by atoms with Gasteiger partial charge in [0.05, 0.1) is 0 Å². The zero-order chi connectivity index (χ0) is 15.0. The molecule has 0 spiro atoms. The van der Waals surface area contributed by atoms with Gasteiger partial charge in [0.25, 0.3) is 0 Å². The van der Waals surface area contributed by atoms with E-state index in [0.717, 1.165) is 11.1 Å². The van der Waals surface area contributed by atoms with Gasteiger partial charge in [0.15, 0.2) is 0 Å². The number of rotatable bonds is 2. The molecule has 3 aromatic rings. The Bertz CT molecular complexity index is 748. The van der Waals surface area contributed by atoms with E-state index in [0.29, 0.717) is 11.8 Å². The summed E-state index contributed by atoms with van der Waals surface area (Å²) in [6.45, 7) is 8.67. The molecule has 108 valence electrons. The number of hydrogen-bond acceptors (Lipinski definition) is 4. The van der Waals surface area contributed by atoms with Crippen LogP contribution in [0, 0.1) is 6.92 Å². The van der Waals surface area contributed by atoms with Gasteiger partial charge in [-0.1, -0.05) is 32.9 Å². The van der Waals surface area contributed by atoms with E-state index < -0.39 is 0 Å². The highest BCUT2D eigenvalue weighted by Gasteiger charge is 2.15. The third kappa shape index (κ3) is 2.90. The van der Waals surface area contributed by atoms with E-state index in [1.165, 1.54) is 10.4 Å². The van der Waals surface area contributed by atoms with Crippen molar-refractivity contribution in [3.05, 3.63) is 46.2 Å². The van der Waals surface area contributed by atoms with Gasteiger partial charge in [-0.25, -0.2) is 0 Å². The summed E-state index contributed by atoms with van der Waals surface area (Å²) in [4.78, 5) is 1.24. The quantitative estimate of drug-likeness (QED) is 0.663. The summed E-state index contributed by atoms with van der Waals surface area (Å²) in [5, 5.41) is 10.3. The molecule has 2 heterocycles. The summed E-state index contributed by atoms with van der Waals surface area (Å²) < 4.78 is 5.78. The molecular weight excluding hydrogens is 280 g/mol. The van der Waals surface area contributed by atoms with Gasteiger partial charge in [0.1, 0.15) is 0 Å². The molecule has 1 aromatic carbocycles. The van der Waals surface area contributed by atoms with Crippen LogP contribution in [0.1, 0.15) is 31.2 Å². The minimum atomic E-state index is 0.146. The van der Waals surface area contributed by atoms with Crippen molar-refractivity contribution in [2.45, 2.75) is 33.1 Å². The molecule has 3 nitrogen and oxygen atoms in total. The molecule has 2 aromatic heterocycles. The highest BCUT2D eigenvalue weighted by molar-refractivity contribution is 7.10. The Kier molecular flexibility index (Phi) is 3.41. The maximum absolute atomic E-state index is 5.78. The fraction of sp³-hybridized carbons (Fsp3) is 0.294. The van der Waals surface area contributed by atoms with E-state index in [4.69, 9.17) is 4.42 Å². The molecule has 0 aliphatic heterocycles. The van der Waals surface area contributed by atoms with Crippen LogP contribution >= 0.6 is 11.3 Å². The maximum Gasteiger partial charge on any atom is 0.249 e. The number of thiophene rings is 1. The first-order valence-electron chi connectivity index (χ1n) is 6.93. The molecule has 0 fully saturated rings. The minimum Gasteiger partial charge on any atom is -0.416 e. The number of hydrogen-bond donors (Lipinski definition) is 0. The molecule has 0 bridgehead atoms. The van der Waals surface area contributed by atoms with Crippen LogP contribution in [-0.2, 0) is 5.41 Å². The third-order valence-electron chi connectivity index (χ3n) is 3.40. The number of aromatic nitrogens is 2. The fourth-order valence-electron chi connectivity index (χ4n) is 2.12. The Labute approximate surface area is 128 Å². The van der Waals surface area contributed by atoms with Crippen molar-refractivity contribution in [2.75, 3.05) is 0 Å². The fourth-order valence-corrected chi connectivity index (χ4v) is 2.80. The Morgan fingerprint density at radius 2 is 1.57 bits per heavy atom. The second-order valence-electron chi connectivity index (χ2n) is 6.19. The molecular formula is C17H18N2OS. The standard InChI is InChI=1S/C17H18N2OS/c1-11-9-13(10-21-11)16-19-18-15(20-16)12-5-7-14(8-6-12)17(2,3)4/h5-10H,1-4H3. The van der Waals surface area contributed by atoms with Gasteiger partial charge in [-0.15, -0.1) is 21.5 Å². The first-order chi connectivity index (χ1) is 9.93. The highest BCUT2D eigenvalue weighted by atomic mass is 32.1. The van der Waals surface area contributed by atoms with Crippen LogP contribution in [0.3, 0.4) is 0 Å². The summed E-state index contributed by atoms with van der Waals surface area (Å²) in [6.07, 6.45) is 0. The van der Waals surface area contributed by atoms with Crippen molar-refractivity contribution in [2.24, 2.45) is 0 Å². The van der Waals surface area contributed by atoms with Crippen molar-refractivity contribution in [3.8, 4) is 22.9 Å². The molecule has 0 atom stereocenters. The van der Waals surface area contributed by atoms with Crippen molar-refractivity contribution >= 4 is 11.3 Å². The minimum absolute atomic E-state index is 0.146. The smallest absolute Gasteiger partial charge is 0.249 e. The molecule has 0 unspecified atom stereocenters. The molecule has 0 aliphatic rings. The van der Waals surface area contributed by atoms with Crippen molar-refractivity contribution < 1.29 is 4.42 Å². The number of aryl methyl sites for hydroxylation is 1. The molecule has 4 heteroatoms. The van der Waals surface area contributed by atoms with E-state index in [2.05, 4.69) is 56.1 Å². The van der Waals surface area contributed by atoms with E-state index in [1.54, 1.807) is 11.3 Å². The van der Waals surface area contributed by atoms with Crippen LogP contribution in [0.2, 0.25) is 0 Å². The van der Waals surface area contributed by atoms with Crippen LogP contribution in [0.4, 0.5) is 0 Å². The second-order valence-corrected chi connectivity index (χ2v) is 7.30. The topological polar surface area (TPSA) is 38.9 Å². The van der Waals surface area contributed by atoms with Gasteiger partial charge < -0.3 is 4.42 Å². The second kappa shape index (κ2) is 5.11. The number of nitrogens with zero attached hydrogens (tertiary/aromatic N) is 2. The average Bonchev–Trinajstić information content (AvgIpc) is 3.06. The summed E-state index contributed by atoms with van der Waals surface area (Å²) in [5.41, 5.74) is 3.38. The monoisotopic (exact) mass is 298 g/mol. The summed E-state index contributed by atoms with van der Waals surface area (Å²) in [7, 11) is 0. The van der Waals surface area contributed by atoms with Crippen molar-refractivity contribution in [1.82, 2.24) is 10.2 Å². The molecule has 0 aliphatic carbocycles. The zero-order valence-corrected chi connectivity index (χ0v) is 13.5. The molecule has 3 rings (SSSR count). The Balaban J connectivity index is 1.90. The van der Waals surface area contributed by atoms with Crippen LogP contribution in [0.5, 0.6) is 0 Å². The summed E-state index contributed by atoms with van der Waals surface area (Å²) >= 11 is 1.68. The van der Waals surface area contributed by atoms with Gasteiger partial charge in [0.2, 0.25) is 11.8 Å².